The largest absolute Gasteiger partial charge is 0.420 e. The molecule has 0 atom stereocenters. The predicted molar refractivity (Wildman–Crippen MR) is 155 cm³/mol. The second kappa shape index (κ2) is 10.8. The molecule has 4 aliphatic rings. The summed E-state index contributed by atoms with van der Waals surface area (Å²) in [5, 5.41) is 6.09. The molecular weight excluding hydrogens is 621 g/mol. The standard InChI is InChI=1S/C28H27F3N6O5S2/c29-28(30,31)19-11-33-27(34-20-4-3-16(9-18(20)15-1-2-15)36-6-5-32-12-23(36)38)35-24(19)21-10-22-25(43-21)26(39)37(17-13-42-14-17)7-8-44(22,40)41/h3-4,9-11,15,17,32H,1-2,5-8,12-14H2,(H,33,34,35). The van der Waals surface area contributed by atoms with Gasteiger partial charge in [0.2, 0.25) is 11.9 Å². The van der Waals surface area contributed by atoms with E-state index in [-0.39, 0.29) is 70.5 Å². The van der Waals surface area contributed by atoms with Crippen LogP contribution in [0.25, 0.3) is 10.6 Å². The molecule has 1 aromatic carbocycles. The number of hydrogen-bond donors (Lipinski definition) is 2. The maximum absolute atomic E-state index is 14.2. The molecule has 0 bridgehead atoms. The number of piperazine rings is 1. The van der Waals surface area contributed by atoms with Gasteiger partial charge in [0, 0.05) is 37.2 Å². The first-order chi connectivity index (χ1) is 21.0. The zero-order valence-electron chi connectivity index (χ0n) is 23.2. The number of hydrogen-bond acceptors (Lipinski definition) is 10. The van der Waals surface area contributed by atoms with Crippen LogP contribution in [-0.4, -0.2) is 86.3 Å². The van der Waals surface area contributed by atoms with Gasteiger partial charge in [-0.1, -0.05) is 0 Å². The fourth-order valence-corrected chi connectivity index (χ4v) is 8.50. The van der Waals surface area contributed by atoms with Gasteiger partial charge in [0.1, 0.15) is 10.4 Å². The second-order valence-corrected chi connectivity index (χ2v) is 14.3. The van der Waals surface area contributed by atoms with Crippen molar-refractivity contribution in [2.75, 3.05) is 55.4 Å². The first kappa shape index (κ1) is 29.1. The zero-order chi connectivity index (χ0) is 30.8. The molecule has 16 heteroatoms. The van der Waals surface area contributed by atoms with Crippen LogP contribution in [0.3, 0.4) is 0 Å². The molecule has 1 aliphatic carbocycles. The highest BCUT2D eigenvalue weighted by Gasteiger charge is 2.41. The molecule has 2 amide bonds. The number of rotatable bonds is 6. The molecular formula is C28H27F3N6O5S2. The molecule has 3 aromatic rings. The van der Waals surface area contributed by atoms with E-state index >= 15 is 0 Å². The Bertz CT molecular complexity index is 1770. The predicted octanol–water partition coefficient (Wildman–Crippen LogP) is 3.41. The molecule has 7 rings (SSSR count). The molecule has 2 aromatic heterocycles. The summed E-state index contributed by atoms with van der Waals surface area (Å²) in [7, 11) is -3.95. The van der Waals surface area contributed by atoms with Crippen molar-refractivity contribution in [2.45, 2.75) is 35.9 Å². The number of thiophene rings is 1. The van der Waals surface area contributed by atoms with Crippen LogP contribution < -0.4 is 15.5 Å². The summed E-state index contributed by atoms with van der Waals surface area (Å²) in [5.41, 5.74) is 0.571. The molecule has 3 fully saturated rings. The van der Waals surface area contributed by atoms with Crippen molar-refractivity contribution in [2.24, 2.45) is 0 Å². The first-order valence-electron chi connectivity index (χ1n) is 14.1. The normalized spacial score (nSPS) is 20.7. The third kappa shape index (κ3) is 5.33. The maximum Gasteiger partial charge on any atom is 0.420 e. The lowest BCUT2D eigenvalue weighted by Crippen LogP contribution is -2.52. The second-order valence-electron chi connectivity index (χ2n) is 11.2. The number of amides is 2. The van der Waals surface area contributed by atoms with Crippen LogP contribution in [-0.2, 0) is 25.5 Å². The Hall–Kier alpha value is -3.60. The number of carbonyl (C=O) groups is 2. The SMILES string of the molecule is O=C1CNCCN1c1ccc(Nc2ncc(C(F)(F)F)c(-c3cc4c(s3)C(=O)N(C3COC3)CCS4(=O)=O)n2)c(C2CC2)c1. The van der Waals surface area contributed by atoms with E-state index in [0.29, 0.717) is 36.3 Å². The summed E-state index contributed by atoms with van der Waals surface area (Å²) in [5.74, 6) is -0.845. The Morgan fingerprint density at radius 1 is 1.11 bits per heavy atom. The van der Waals surface area contributed by atoms with Crippen LogP contribution in [0.5, 0.6) is 0 Å². The number of aromatic nitrogens is 2. The van der Waals surface area contributed by atoms with Gasteiger partial charge in [-0.25, -0.2) is 18.4 Å². The third-order valence-corrected chi connectivity index (χ3v) is 11.1. The number of nitrogens with zero attached hydrogens (tertiary/aromatic N) is 4. The van der Waals surface area contributed by atoms with Gasteiger partial charge in [-0.2, -0.15) is 13.2 Å². The number of fused-ring (bicyclic) bond motifs is 1. The summed E-state index contributed by atoms with van der Waals surface area (Å²) in [6.45, 7) is 1.95. The van der Waals surface area contributed by atoms with Crippen molar-refractivity contribution in [3.8, 4) is 10.6 Å². The number of sulfone groups is 1. The monoisotopic (exact) mass is 648 g/mol. The summed E-state index contributed by atoms with van der Waals surface area (Å²) in [6.07, 6.45) is -2.32. The van der Waals surface area contributed by atoms with E-state index in [1.807, 2.05) is 6.07 Å². The number of ether oxygens (including phenoxy) is 1. The van der Waals surface area contributed by atoms with Crippen molar-refractivity contribution in [1.29, 1.82) is 0 Å². The van der Waals surface area contributed by atoms with E-state index < -0.39 is 33.2 Å². The lowest BCUT2D eigenvalue weighted by molar-refractivity contribution is -0.137. The van der Waals surface area contributed by atoms with Gasteiger partial charge < -0.3 is 25.2 Å². The van der Waals surface area contributed by atoms with E-state index in [2.05, 4.69) is 20.6 Å². The number of anilines is 3. The molecule has 11 nitrogen and oxygen atoms in total. The van der Waals surface area contributed by atoms with Crippen molar-refractivity contribution in [3.05, 3.63) is 46.5 Å². The van der Waals surface area contributed by atoms with E-state index in [1.165, 1.54) is 4.90 Å². The lowest BCUT2D eigenvalue weighted by Gasteiger charge is -2.36. The summed E-state index contributed by atoms with van der Waals surface area (Å²) >= 11 is 0.677. The molecule has 2 N–H and O–H groups in total. The Kier molecular flexibility index (Phi) is 7.14. The number of benzene rings is 1. The molecule has 2 saturated heterocycles. The van der Waals surface area contributed by atoms with E-state index in [1.54, 1.807) is 17.0 Å². The lowest BCUT2D eigenvalue weighted by atomic mass is 10.1. The average Bonchev–Trinajstić information content (AvgIpc) is 3.71. The first-order valence-corrected chi connectivity index (χ1v) is 16.6. The highest BCUT2D eigenvalue weighted by atomic mass is 32.2. The molecule has 5 heterocycles. The van der Waals surface area contributed by atoms with Crippen molar-refractivity contribution in [1.82, 2.24) is 20.2 Å². The van der Waals surface area contributed by atoms with E-state index in [9.17, 15) is 31.2 Å². The van der Waals surface area contributed by atoms with Gasteiger partial charge in [0.25, 0.3) is 5.91 Å². The number of halogens is 3. The van der Waals surface area contributed by atoms with Gasteiger partial charge in [-0.3, -0.25) is 9.59 Å². The van der Waals surface area contributed by atoms with Crippen LogP contribution in [0.2, 0.25) is 0 Å². The highest BCUT2D eigenvalue weighted by Crippen LogP contribution is 2.46. The minimum Gasteiger partial charge on any atom is -0.377 e. The smallest absolute Gasteiger partial charge is 0.377 e. The molecule has 0 radical (unpaired) electrons. The summed E-state index contributed by atoms with van der Waals surface area (Å²) in [4.78, 5) is 36.6. The van der Waals surface area contributed by atoms with Crippen LogP contribution in [0.15, 0.2) is 35.4 Å². The topological polar surface area (TPSA) is 134 Å². The van der Waals surface area contributed by atoms with Gasteiger partial charge >= 0.3 is 6.18 Å². The molecule has 0 spiro atoms. The Labute approximate surface area is 254 Å². The molecule has 232 valence electrons. The number of nitrogens with one attached hydrogen (secondary N) is 2. The zero-order valence-corrected chi connectivity index (χ0v) is 24.8. The quantitative estimate of drug-likeness (QED) is 0.413. The van der Waals surface area contributed by atoms with Crippen molar-refractivity contribution >= 4 is 50.3 Å². The molecule has 44 heavy (non-hydrogen) atoms. The van der Waals surface area contributed by atoms with Crippen LogP contribution in [0.1, 0.15) is 39.6 Å². The van der Waals surface area contributed by atoms with Gasteiger partial charge in [0.15, 0.2) is 9.84 Å². The minimum absolute atomic E-state index is 0.0216. The molecule has 1 saturated carbocycles. The Morgan fingerprint density at radius 2 is 1.91 bits per heavy atom. The van der Waals surface area contributed by atoms with Crippen molar-refractivity contribution in [3.63, 3.8) is 0 Å². The third-order valence-electron chi connectivity index (χ3n) is 8.18. The molecule has 0 unspecified atom stereocenters. The van der Waals surface area contributed by atoms with Gasteiger partial charge in [0.05, 0.1) is 47.0 Å². The highest BCUT2D eigenvalue weighted by molar-refractivity contribution is 7.91. The van der Waals surface area contributed by atoms with Gasteiger partial charge in [-0.15, -0.1) is 11.3 Å². The fraction of sp³-hybridized carbons (Fsp3) is 0.429. The fourth-order valence-electron chi connectivity index (χ4n) is 5.58. The van der Waals surface area contributed by atoms with E-state index in [4.69, 9.17) is 4.74 Å². The number of carbonyl (C=O) groups excluding carboxylic acids is 2. The summed E-state index contributed by atoms with van der Waals surface area (Å²) in [6, 6.07) is 6.28. The molecule has 3 aliphatic heterocycles. The summed E-state index contributed by atoms with van der Waals surface area (Å²) < 4.78 is 74.0. The Morgan fingerprint density at radius 3 is 2.59 bits per heavy atom. The van der Waals surface area contributed by atoms with Gasteiger partial charge in [-0.05, 0) is 48.6 Å². The average molecular weight is 649 g/mol. The maximum atomic E-state index is 14.2. The van der Waals surface area contributed by atoms with E-state index in [0.717, 1.165) is 30.2 Å². The number of alkyl halides is 3. The van der Waals surface area contributed by atoms with Crippen LogP contribution in [0, 0.1) is 0 Å². The van der Waals surface area contributed by atoms with Crippen LogP contribution in [0.4, 0.5) is 30.5 Å². The minimum atomic E-state index is -4.84. The Balaban J connectivity index is 1.26. The van der Waals surface area contributed by atoms with Crippen LogP contribution >= 0.6 is 11.3 Å². The van der Waals surface area contributed by atoms with Crippen molar-refractivity contribution < 1.29 is 35.9 Å².